The number of hydrogen-bond donors (Lipinski definition) is 3. The highest BCUT2D eigenvalue weighted by atomic mass is 19.1. The highest BCUT2D eigenvalue weighted by Crippen LogP contribution is 2.23. The second-order valence-electron chi connectivity index (χ2n) is 6.58. The van der Waals surface area contributed by atoms with Gasteiger partial charge in [0, 0.05) is 30.0 Å². The molecule has 0 spiro atoms. The molecule has 142 valence electrons. The molecule has 0 unspecified atom stereocenters. The van der Waals surface area contributed by atoms with Gasteiger partial charge in [-0.3, -0.25) is 4.79 Å². The molecule has 7 heteroatoms. The maximum Gasteiger partial charge on any atom is 0.312 e. The number of rotatable bonds is 6. The highest BCUT2D eigenvalue weighted by Gasteiger charge is 2.20. The van der Waals surface area contributed by atoms with Crippen LogP contribution in [0.2, 0.25) is 0 Å². The smallest absolute Gasteiger partial charge is 0.312 e. The van der Waals surface area contributed by atoms with E-state index >= 15 is 0 Å². The highest BCUT2D eigenvalue weighted by molar-refractivity contribution is 5.91. The standard InChI is InChI=1S/C20H23FN4O2/c21-17-6-2-1-5-16(17)18(24-20(22)27)13-19(26)23-14-7-9-15(10-8-14)25-11-3-4-12-25/h1-2,5-10,18H,3-4,11-13H2,(H,23,26)(H3,22,24,27)/t18-/m1/s1. The average Bonchev–Trinajstić information content (AvgIpc) is 3.16. The van der Waals surface area contributed by atoms with Crippen LogP contribution in [0.4, 0.5) is 20.6 Å². The minimum Gasteiger partial charge on any atom is -0.372 e. The fourth-order valence-corrected chi connectivity index (χ4v) is 3.30. The Kier molecular flexibility index (Phi) is 5.90. The minimum absolute atomic E-state index is 0.127. The van der Waals surface area contributed by atoms with Crippen molar-refractivity contribution in [3.05, 3.63) is 59.9 Å². The van der Waals surface area contributed by atoms with Gasteiger partial charge in [0.2, 0.25) is 5.91 Å². The molecule has 1 aliphatic rings. The summed E-state index contributed by atoms with van der Waals surface area (Å²) in [4.78, 5) is 25.9. The average molecular weight is 370 g/mol. The molecule has 1 heterocycles. The first-order valence-electron chi connectivity index (χ1n) is 8.98. The second kappa shape index (κ2) is 8.53. The molecule has 0 saturated carbocycles. The maximum absolute atomic E-state index is 14.0. The van der Waals surface area contributed by atoms with Crippen LogP contribution in [0.15, 0.2) is 48.5 Å². The molecular weight excluding hydrogens is 347 g/mol. The summed E-state index contributed by atoms with van der Waals surface area (Å²) in [7, 11) is 0. The van der Waals surface area contributed by atoms with Gasteiger partial charge in [-0.2, -0.15) is 0 Å². The molecule has 3 rings (SSSR count). The largest absolute Gasteiger partial charge is 0.372 e. The number of nitrogens with one attached hydrogen (secondary N) is 2. The third-order valence-electron chi connectivity index (χ3n) is 4.61. The van der Waals surface area contributed by atoms with Gasteiger partial charge < -0.3 is 21.3 Å². The Balaban J connectivity index is 1.65. The number of hydrogen-bond acceptors (Lipinski definition) is 3. The molecular formula is C20H23FN4O2. The summed E-state index contributed by atoms with van der Waals surface area (Å²) in [6.07, 6.45) is 2.27. The molecule has 0 bridgehead atoms. The molecule has 6 nitrogen and oxygen atoms in total. The fourth-order valence-electron chi connectivity index (χ4n) is 3.30. The lowest BCUT2D eigenvalue weighted by Gasteiger charge is -2.19. The Morgan fingerprint density at radius 1 is 1.07 bits per heavy atom. The van der Waals surface area contributed by atoms with E-state index in [1.807, 2.05) is 24.3 Å². The van der Waals surface area contributed by atoms with Crippen LogP contribution in [0.3, 0.4) is 0 Å². The number of carbonyl (C=O) groups excluding carboxylic acids is 2. The predicted molar refractivity (Wildman–Crippen MR) is 103 cm³/mol. The van der Waals surface area contributed by atoms with Gasteiger partial charge in [0.1, 0.15) is 5.82 Å². The quantitative estimate of drug-likeness (QED) is 0.730. The first-order valence-corrected chi connectivity index (χ1v) is 8.98. The molecule has 0 aliphatic carbocycles. The van der Waals surface area contributed by atoms with E-state index in [0.717, 1.165) is 18.8 Å². The van der Waals surface area contributed by atoms with E-state index in [1.54, 1.807) is 12.1 Å². The summed E-state index contributed by atoms with van der Waals surface area (Å²) in [5.74, 6) is -0.843. The lowest BCUT2D eigenvalue weighted by atomic mass is 10.0. The Morgan fingerprint density at radius 2 is 1.74 bits per heavy atom. The van der Waals surface area contributed by atoms with Crippen LogP contribution in [0.5, 0.6) is 0 Å². The van der Waals surface area contributed by atoms with Crippen LogP contribution in [0.25, 0.3) is 0 Å². The summed E-state index contributed by atoms with van der Waals surface area (Å²) in [5, 5.41) is 5.21. The number of amides is 3. The van der Waals surface area contributed by atoms with E-state index in [-0.39, 0.29) is 17.9 Å². The lowest BCUT2D eigenvalue weighted by Crippen LogP contribution is -2.35. The first kappa shape index (κ1) is 18.7. The lowest BCUT2D eigenvalue weighted by molar-refractivity contribution is -0.116. The van der Waals surface area contributed by atoms with Gasteiger partial charge in [-0.1, -0.05) is 18.2 Å². The van der Waals surface area contributed by atoms with Crippen molar-refractivity contribution >= 4 is 23.3 Å². The van der Waals surface area contributed by atoms with Crippen LogP contribution in [-0.2, 0) is 4.79 Å². The topological polar surface area (TPSA) is 87.5 Å². The zero-order valence-electron chi connectivity index (χ0n) is 15.0. The van der Waals surface area contributed by atoms with Crippen molar-refractivity contribution in [3.63, 3.8) is 0 Å². The predicted octanol–water partition coefficient (Wildman–Crippen LogP) is 3.16. The number of urea groups is 1. The van der Waals surface area contributed by atoms with Gasteiger partial charge >= 0.3 is 6.03 Å². The van der Waals surface area contributed by atoms with Crippen LogP contribution in [0, 0.1) is 5.82 Å². The third kappa shape index (κ3) is 4.97. The van der Waals surface area contributed by atoms with Gasteiger partial charge in [-0.25, -0.2) is 9.18 Å². The Hall–Kier alpha value is -3.09. The summed E-state index contributed by atoms with van der Waals surface area (Å²) in [6.45, 7) is 2.10. The fraction of sp³-hybridized carbons (Fsp3) is 0.300. The number of nitrogens with two attached hydrogens (primary N) is 1. The number of anilines is 2. The van der Waals surface area contributed by atoms with E-state index in [1.165, 1.54) is 25.0 Å². The minimum atomic E-state index is -0.840. The molecule has 3 amide bonds. The number of halogens is 1. The number of primary amides is 1. The second-order valence-corrected chi connectivity index (χ2v) is 6.58. The summed E-state index contributed by atoms with van der Waals surface area (Å²) in [6, 6.07) is 11.9. The summed E-state index contributed by atoms with van der Waals surface area (Å²) < 4.78 is 14.0. The third-order valence-corrected chi connectivity index (χ3v) is 4.61. The first-order chi connectivity index (χ1) is 13.0. The molecule has 2 aromatic carbocycles. The van der Waals surface area contributed by atoms with E-state index < -0.39 is 17.9 Å². The molecule has 0 aromatic heterocycles. The Labute approximate surface area is 157 Å². The van der Waals surface area contributed by atoms with Gasteiger partial charge in [0.25, 0.3) is 0 Å². The van der Waals surface area contributed by atoms with Crippen LogP contribution < -0.4 is 21.3 Å². The van der Waals surface area contributed by atoms with Crippen LogP contribution in [-0.4, -0.2) is 25.0 Å². The zero-order chi connectivity index (χ0) is 19.2. The van der Waals surface area contributed by atoms with Crippen molar-refractivity contribution in [2.75, 3.05) is 23.3 Å². The molecule has 1 aliphatic heterocycles. The summed E-state index contributed by atoms with van der Waals surface area (Å²) >= 11 is 0. The van der Waals surface area contributed by atoms with E-state index in [0.29, 0.717) is 5.69 Å². The van der Waals surface area contributed by atoms with Gasteiger partial charge in [-0.05, 0) is 43.2 Å². The monoisotopic (exact) mass is 370 g/mol. The molecule has 1 saturated heterocycles. The van der Waals surface area contributed by atoms with Crippen molar-refractivity contribution in [1.82, 2.24) is 5.32 Å². The van der Waals surface area contributed by atoms with Crippen LogP contribution in [0.1, 0.15) is 30.9 Å². The van der Waals surface area contributed by atoms with E-state index in [9.17, 15) is 14.0 Å². The Bertz CT molecular complexity index is 804. The van der Waals surface area contributed by atoms with Gasteiger partial charge in [0.15, 0.2) is 0 Å². The molecule has 4 N–H and O–H groups in total. The SMILES string of the molecule is NC(=O)N[C@H](CC(=O)Nc1ccc(N2CCCC2)cc1)c1ccccc1F. The maximum atomic E-state index is 14.0. The molecule has 0 radical (unpaired) electrons. The van der Waals surface area contributed by atoms with Gasteiger partial charge in [0.05, 0.1) is 12.5 Å². The zero-order valence-corrected chi connectivity index (χ0v) is 15.0. The van der Waals surface area contributed by atoms with Crippen molar-refractivity contribution in [2.24, 2.45) is 5.73 Å². The van der Waals surface area contributed by atoms with Crippen LogP contribution >= 0.6 is 0 Å². The normalized spacial score (nSPS) is 14.6. The molecule has 1 fully saturated rings. The Morgan fingerprint density at radius 3 is 2.37 bits per heavy atom. The van der Waals surface area contributed by atoms with Crippen molar-refractivity contribution in [1.29, 1.82) is 0 Å². The van der Waals surface area contributed by atoms with Crippen molar-refractivity contribution < 1.29 is 14.0 Å². The number of carbonyl (C=O) groups is 2. The van der Waals surface area contributed by atoms with Gasteiger partial charge in [-0.15, -0.1) is 0 Å². The number of nitrogens with zero attached hydrogens (tertiary/aromatic N) is 1. The summed E-state index contributed by atoms with van der Waals surface area (Å²) in [5.41, 5.74) is 7.17. The molecule has 2 aromatic rings. The van der Waals surface area contributed by atoms with E-state index in [2.05, 4.69) is 15.5 Å². The van der Waals surface area contributed by atoms with Crippen molar-refractivity contribution in [3.8, 4) is 0 Å². The molecule has 1 atom stereocenters. The number of benzene rings is 2. The van der Waals surface area contributed by atoms with E-state index in [4.69, 9.17) is 5.73 Å². The van der Waals surface area contributed by atoms with Crippen molar-refractivity contribution in [2.45, 2.75) is 25.3 Å². The molecule has 27 heavy (non-hydrogen) atoms.